The Bertz CT molecular complexity index is 2120. The lowest BCUT2D eigenvalue weighted by molar-refractivity contribution is -0.132. The summed E-state index contributed by atoms with van der Waals surface area (Å²) >= 11 is 0. The Morgan fingerprint density at radius 3 is 2.28 bits per heavy atom. The lowest BCUT2D eigenvalue weighted by Gasteiger charge is -2.58. The highest BCUT2D eigenvalue weighted by molar-refractivity contribution is 5.97. The van der Waals surface area contributed by atoms with Crippen molar-refractivity contribution in [2.45, 2.75) is 157 Å². The third kappa shape index (κ3) is 14.6. The number of allylic oxidation sites excluding steroid dienone is 1. The first-order valence-electron chi connectivity index (χ1n) is 25.7. The molecule has 0 aromatic heterocycles. The molecule has 6 N–H and O–H groups in total. The highest BCUT2D eigenvalue weighted by Crippen LogP contribution is 2.67. The number of aryl methyl sites for hydroxylation is 1. The van der Waals surface area contributed by atoms with Crippen LogP contribution in [0.25, 0.3) is 0 Å². The molecule has 5 amide bonds. The van der Waals surface area contributed by atoms with Crippen LogP contribution in [0, 0.1) is 53.3 Å². The largest absolute Gasteiger partial charge is 0.514 e. The summed E-state index contributed by atoms with van der Waals surface area (Å²) in [6, 6.07) is 12.1. The van der Waals surface area contributed by atoms with Crippen LogP contribution in [-0.2, 0) is 40.1 Å². The first-order chi connectivity index (χ1) is 32.9. The highest BCUT2D eigenvalue weighted by Gasteiger charge is 2.59. The molecule has 378 valence electrons. The van der Waals surface area contributed by atoms with Crippen LogP contribution >= 0.6 is 0 Å². The molecule has 6 rings (SSSR count). The molecule has 4 aliphatic rings. The Labute approximate surface area is 409 Å². The van der Waals surface area contributed by atoms with Crippen molar-refractivity contribution < 1.29 is 43.0 Å². The first-order valence-corrected chi connectivity index (χ1v) is 25.7. The van der Waals surface area contributed by atoms with Crippen LogP contribution in [-0.4, -0.2) is 67.5 Å². The molecule has 0 aliphatic heterocycles. The number of nitrogens with one attached hydrogen (secondary N) is 4. The molecule has 0 radical (unpaired) electrons. The van der Waals surface area contributed by atoms with E-state index in [0.29, 0.717) is 42.0 Å². The second-order valence-corrected chi connectivity index (χ2v) is 21.4. The number of fused-ring (bicyclic) bond motifs is 5. The number of nitrogens with two attached hydrogens (primary N) is 1. The molecule has 4 aliphatic carbocycles. The van der Waals surface area contributed by atoms with Gasteiger partial charge in [-0.25, -0.2) is 4.79 Å². The number of hydrogen-bond acceptors (Lipinski definition) is 9. The smallest absolute Gasteiger partial charge is 0.429 e. The number of hydrogen-bond donors (Lipinski definition) is 5. The van der Waals surface area contributed by atoms with Gasteiger partial charge in [-0.3, -0.25) is 24.0 Å². The van der Waals surface area contributed by atoms with Crippen LogP contribution in [0.2, 0.25) is 0 Å². The number of ether oxygens (including phenoxy) is 3. The number of primary amides is 1. The van der Waals surface area contributed by atoms with Crippen molar-refractivity contribution in [3.63, 3.8) is 0 Å². The fraction of sp³-hybridized carbons (Fsp3) is 0.636. The van der Waals surface area contributed by atoms with Crippen molar-refractivity contribution in [1.29, 1.82) is 0 Å². The van der Waals surface area contributed by atoms with E-state index >= 15 is 0 Å². The predicted octanol–water partition coefficient (Wildman–Crippen LogP) is 8.84. The van der Waals surface area contributed by atoms with Gasteiger partial charge in [0.1, 0.15) is 18.4 Å². The Morgan fingerprint density at radius 1 is 0.812 bits per heavy atom. The van der Waals surface area contributed by atoms with E-state index in [-0.39, 0.29) is 36.9 Å². The quantitative estimate of drug-likeness (QED) is 0.0312. The second-order valence-electron chi connectivity index (χ2n) is 21.4. The van der Waals surface area contributed by atoms with Crippen LogP contribution < -0.4 is 31.7 Å². The maximum absolute atomic E-state index is 12.9. The lowest BCUT2D eigenvalue weighted by atomic mass is 9.47. The zero-order valence-electron chi connectivity index (χ0n) is 42.0. The van der Waals surface area contributed by atoms with Crippen molar-refractivity contribution in [2.24, 2.45) is 52.1 Å². The molecule has 2 aromatic carbocycles. The summed E-state index contributed by atoms with van der Waals surface area (Å²) in [7, 11) is 0. The molecule has 3 fully saturated rings. The minimum atomic E-state index is -1.33. The Balaban J connectivity index is 0.841. The van der Waals surface area contributed by atoms with Gasteiger partial charge < -0.3 is 41.2 Å². The van der Waals surface area contributed by atoms with Crippen molar-refractivity contribution in [1.82, 2.24) is 16.0 Å². The van der Waals surface area contributed by atoms with E-state index in [2.05, 4.69) is 62.0 Å². The molecule has 0 heterocycles. The van der Waals surface area contributed by atoms with Gasteiger partial charge in [0.25, 0.3) is 0 Å². The fourth-order valence-electron chi connectivity index (χ4n) is 12.4. The number of carbonyl (C=O) groups excluding carboxylic acids is 6. The molecular formula is C55H79N5O9. The number of benzene rings is 2. The van der Waals surface area contributed by atoms with Gasteiger partial charge in [0.2, 0.25) is 29.5 Å². The summed E-state index contributed by atoms with van der Waals surface area (Å²) in [6.07, 6.45) is 15.8. The maximum Gasteiger partial charge on any atom is 0.514 e. The van der Waals surface area contributed by atoms with Gasteiger partial charge in [-0.1, -0.05) is 95.4 Å². The third-order valence-corrected chi connectivity index (χ3v) is 16.1. The summed E-state index contributed by atoms with van der Waals surface area (Å²) in [6.45, 7) is 14.8. The maximum atomic E-state index is 12.9. The molecule has 3 saturated carbocycles. The Kier molecular flexibility index (Phi) is 18.9. The average Bonchev–Trinajstić information content (AvgIpc) is 3.67. The van der Waals surface area contributed by atoms with E-state index in [9.17, 15) is 28.8 Å². The second kappa shape index (κ2) is 24.5. The van der Waals surface area contributed by atoms with Crippen molar-refractivity contribution in [2.75, 3.05) is 25.0 Å². The topological polar surface area (TPSA) is 204 Å². The van der Waals surface area contributed by atoms with Crippen LogP contribution in [0.3, 0.4) is 0 Å². The molecule has 2 aromatic rings. The minimum Gasteiger partial charge on any atom is -0.429 e. The summed E-state index contributed by atoms with van der Waals surface area (Å²) in [5, 5.41) is 10.4. The standard InChI is InChI=1S/C55H79N5O9/c1-35(2)9-7-10-37(4)44-21-22-45-43-20-15-39-31-42(25-27-54(39,5)46(43)26-28-55(44,45)6)67-30-8-29-57-49(62)23-24-50(63)60-47(32-48(56)61)52(65)58-33-51(64)59-40-16-13-38(14-17-40)34-68-53(66)69-41-18-11-36(3)12-19-41/h11-19,35,37,42-47H,7-10,20-34H2,1-6H3,(H2,56,61)(H,57,62)(H,58,65)(H,59,64)(H,60,63)/t37-,42+,43+,44-,45+,46+,47+,54+,55-/m1/s1. The summed E-state index contributed by atoms with van der Waals surface area (Å²) in [5.74, 6) is 2.15. The highest BCUT2D eigenvalue weighted by atomic mass is 16.7. The summed E-state index contributed by atoms with van der Waals surface area (Å²) in [4.78, 5) is 74.7. The minimum absolute atomic E-state index is 0.0549. The van der Waals surface area contributed by atoms with Crippen LogP contribution in [0.1, 0.15) is 142 Å². The van der Waals surface area contributed by atoms with Gasteiger partial charge in [-0.15, -0.1) is 0 Å². The van der Waals surface area contributed by atoms with Crippen molar-refractivity contribution >= 4 is 41.4 Å². The molecule has 14 nitrogen and oxygen atoms in total. The number of amides is 5. The molecule has 69 heavy (non-hydrogen) atoms. The fourth-order valence-corrected chi connectivity index (χ4v) is 12.4. The zero-order chi connectivity index (χ0) is 49.7. The lowest BCUT2D eigenvalue weighted by Crippen LogP contribution is -2.51. The zero-order valence-corrected chi connectivity index (χ0v) is 42.0. The van der Waals surface area contributed by atoms with Crippen LogP contribution in [0.15, 0.2) is 60.2 Å². The molecule has 0 bridgehead atoms. The van der Waals surface area contributed by atoms with E-state index in [4.69, 9.17) is 19.9 Å². The van der Waals surface area contributed by atoms with Gasteiger partial charge in [0, 0.05) is 31.7 Å². The van der Waals surface area contributed by atoms with Gasteiger partial charge in [-0.2, -0.15) is 0 Å². The molecule has 14 heteroatoms. The molecule has 9 atom stereocenters. The van der Waals surface area contributed by atoms with Gasteiger partial charge in [0.15, 0.2) is 0 Å². The number of carbonyl (C=O) groups is 6. The molecule has 0 unspecified atom stereocenters. The van der Waals surface area contributed by atoms with Crippen molar-refractivity contribution in [3.8, 4) is 5.75 Å². The third-order valence-electron chi connectivity index (χ3n) is 16.1. The predicted molar refractivity (Wildman–Crippen MR) is 265 cm³/mol. The van der Waals surface area contributed by atoms with E-state index in [0.717, 1.165) is 53.9 Å². The molecule has 0 spiro atoms. The van der Waals surface area contributed by atoms with Gasteiger partial charge >= 0.3 is 6.16 Å². The summed E-state index contributed by atoms with van der Waals surface area (Å²) in [5.41, 5.74) is 9.80. The SMILES string of the molecule is Cc1ccc(OC(=O)OCc2ccc(NC(=O)CNC(=O)[C@H](CC(N)=O)NC(=O)CCC(=O)NCCCO[C@H]3CC[C@@]4(C)C(=CC[C@H]5[C@@H]6CC[C@H]([C@H](C)CCCC(C)C)[C@@]6(C)CC[C@@H]54)C3)cc2)cc1. The van der Waals surface area contributed by atoms with Crippen molar-refractivity contribution in [3.05, 3.63) is 71.3 Å². The van der Waals surface area contributed by atoms with E-state index in [1.165, 1.54) is 57.8 Å². The van der Waals surface area contributed by atoms with Crippen LogP contribution in [0.4, 0.5) is 10.5 Å². The van der Waals surface area contributed by atoms with Gasteiger partial charge in [0.05, 0.1) is 19.1 Å². The average molecular weight is 954 g/mol. The summed E-state index contributed by atoms with van der Waals surface area (Å²) < 4.78 is 16.7. The Morgan fingerprint density at radius 2 is 1.55 bits per heavy atom. The van der Waals surface area contributed by atoms with E-state index in [1.54, 1.807) is 42.0 Å². The number of anilines is 1. The Hall–Kier alpha value is -5.24. The first kappa shape index (κ1) is 53.1. The van der Waals surface area contributed by atoms with E-state index in [1.807, 2.05) is 19.1 Å². The van der Waals surface area contributed by atoms with Crippen LogP contribution in [0.5, 0.6) is 5.75 Å². The van der Waals surface area contributed by atoms with Gasteiger partial charge in [-0.05, 0) is 141 Å². The monoisotopic (exact) mass is 954 g/mol. The number of rotatable bonds is 23. The normalized spacial score (nSPS) is 25.7. The van der Waals surface area contributed by atoms with E-state index < -0.39 is 48.8 Å². The molecule has 0 saturated heterocycles. The molecular weight excluding hydrogens is 875 g/mol.